The lowest BCUT2D eigenvalue weighted by Gasteiger charge is -2.36. The molecule has 3 rings (SSSR count). The van der Waals surface area contributed by atoms with Crippen molar-refractivity contribution < 1.29 is 0 Å². The molecule has 2 heterocycles. The number of nitrogens with zero attached hydrogens (tertiary/aromatic N) is 1. The SMILES string of the molecule is c1ccc(C2CN(CC3CCCCS3)CCN2)cc1. The Kier molecular flexibility index (Phi) is 4.81. The third-order valence-electron chi connectivity index (χ3n) is 4.20. The monoisotopic (exact) mass is 276 g/mol. The molecule has 2 atom stereocenters. The van der Waals surface area contributed by atoms with E-state index in [1.165, 1.54) is 50.2 Å². The van der Waals surface area contributed by atoms with Crippen LogP contribution in [0.25, 0.3) is 0 Å². The van der Waals surface area contributed by atoms with Crippen molar-refractivity contribution in [2.45, 2.75) is 30.6 Å². The number of thioether (sulfide) groups is 1. The van der Waals surface area contributed by atoms with Crippen molar-refractivity contribution in [2.75, 3.05) is 31.9 Å². The van der Waals surface area contributed by atoms with Gasteiger partial charge in [-0.2, -0.15) is 11.8 Å². The lowest BCUT2D eigenvalue weighted by molar-refractivity contribution is 0.199. The first-order chi connectivity index (χ1) is 9.42. The van der Waals surface area contributed by atoms with Crippen molar-refractivity contribution in [1.29, 1.82) is 0 Å². The molecule has 2 nitrogen and oxygen atoms in total. The highest BCUT2D eigenvalue weighted by Crippen LogP contribution is 2.27. The molecular formula is C16H24N2S. The Labute approximate surface area is 121 Å². The second-order valence-corrected chi connectivity index (χ2v) is 7.07. The zero-order valence-electron chi connectivity index (χ0n) is 11.6. The Morgan fingerprint density at radius 2 is 2.11 bits per heavy atom. The van der Waals surface area contributed by atoms with Crippen LogP contribution >= 0.6 is 11.8 Å². The van der Waals surface area contributed by atoms with Crippen molar-refractivity contribution >= 4 is 11.8 Å². The van der Waals surface area contributed by atoms with E-state index < -0.39 is 0 Å². The van der Waals surface area contributed by atoms with E-state index in [4.69, 9.17) is 0 Å². The minimum atomic E-state index is 0.517. The maximum Gasteiger partial charge on any atom is 0.0449 e. The minimum Gasteiger partial charge on any atom is -0.308 e. The molecule has 0 aliphatic carbocycles. The zero-order valence-corrected chi connectivity index (χ0v) is 12.4. The second kappa shape index (κ2) is 6.78. The highest BCUT2D eigenvalue weighted by atomic mass is 32.2. The lowest BCUT2D eigenvalue weighted by atomic mass is 10.0. The van der Waals surface area contributed by atoms with E-state index in [0.717, 1.165) is 11.8 Å². The highest BCUT2D eigenvalue weighted by Gasteiger charge is 2.23. The van der Waals surface area contributed by atoms with Gasteiger partial charge in [-0.25, -0.2) is 0 Å². The van der Waals surface area contributed by atoms with Crippen LogP contribution in [0.5, 0.6) is 0 Å². The van der Waals surface area contributed by atoms with Gasteiger partial charge in [-0.15, -0.1) is 0 Å². The van der Waals surface area contributed by atoms with Gasteiger partial charge < -0.3 is 5.32 Å². The third-order valence-corrected chi connectivity index (χ3v) is 5.58. The summed E-state index contributed by atoms with van der Waals surface area (Å²) in [5.41, 5.74) is 1.43. The molecule has 1 aromatic rings. The van der Waals surface area contributed by atoms with Crippen molar-refractivity contribution in [3.8, 4) is 0 Å². The number of hydrogen-bond donors (Lipinski definition) is 1. The quantitative estimate of drug-likeness (QED) is 0.914. The molecule has 2 aliphatic rings. The van der Waals surface area contributed by atoms with Gasteiger partial charge in [0.1, 0.15) is 0 Å². The first-order valence-electron chi connectivity index (χ1n) is 7.54. The van der Waals surface area contributed by atoms with E-state index in [2.05, 4.69) is 52.3 Å². The summed E-state index contributed by atoms with van der Waals surface area (Å²) in [5, 5.41) is 4.53. The summed E-state index contributed by atoms with van der Waals surface area (Å²) in [7, 11) is 0. The van der Waals surface area contributed by atoms with E-state index in [0.29, 0.717) is 6.04 Å². The van der Waals surface area contributed by atoms with E-state index in [-0.39, 0.29) is 0 Å². The Hall–Kier alpha value is -0.510. The molecule has 0 amide bonds. The van der Waals surface area contributed by atoms with Gasteiger partial charge in [-0.3, -0.25) is 4.90 Å². The maximum atomic E-state index is 3.65. The molecule has 0 saturated carbocycles. The molecule has 3 heteroatoms. The Morgan fingerprint density at radius 3 is 2.89 bits per heavy atom. The fraction of sp³-hybridized carbons (Fsp3) is 0.625. The van der Waals surface area contributed by atoms with E-state index in [1.54, 1.807) is 0 Å². The molecule has 0 bridgehead atoms. The smallest absolute Gasteiger partial charge is 0.0449 e. The van der Waals surface area contributed by atoms with Gasteiger partial charge in [0.05, 0.1) is 0 Å². The standard InChI is InChI=1S/C16H24N2S/c1-2-6-14(7-3-1)16-13-18(10-9-17-16)12-15-8-4-5-11-19-15/h1-3,6-7,15-17H,4-5,8-13H2. The zero-order chi connectivity index (χ0) is 12.9. The van der Waals surface area contributed by atoms with Crippen LogP contribution in [0.4, 0.5) is 0 Å². The van der Waals surface area contributed by atoms with Crippen LogP contribution in [0.1, 0.15) is 30.9 Å². The Morgan fingerprint density at radius 1 is 1.21 bits per heavy atom. The summed E-state index contributed by atoms with van der Waals surface area (Å²) in [5.74, 6) is 1.37. The van der Waals surface area contributed by atoms with E-state index >= 15 is 0 Å². The fourth-order valence-electron chi connectivity index (χ4n) is 3.12. The molecule has 2 fully saturated rings. The number of benzene rings is 1. The van der Waals surface area contributed by atoms with Crippen LogP contribution in [-0.2, 0) is 0 Å². The first-order valence-corrected chi connectivity index (χ1v) is 8.59. The number of rotatable bonds is 3. The van der Waals surface area contributed by atoms with Crippen LogP contribution in [0.3, 0.4) is 0 Å². The van der Waals surface area contributed by atoms with Crippen LogP contribution in [0.15, 0.2) is 30.3 Å². The molecule has 19 heavy (non-hydrogen) atoms. The van der Waals surface area contributed by atoms with Crippen molar-refractivity contribution in [1.82, 2.24) is 10.2 Å². The molecule has 2 unspecified atom stereocenters. The third kappa shape index (κ3) is 3.74. The predicted molar refractivity (Wildman–Crippen MR) is 83.7 cm³/mol. The van der Waals surface area contributed by atoms with Gasteiger partial charge in [0, 0.05) is 37.5 Å². The predicted octanol–water partition coefficient (Wildman–Crippen LogP) is 2.92. The van der Waals surface area contributed by atoms with E-state index in [9.17, 15) is 0 Å². The second-order valence-electron chi connectivity index (χ2n) is 5.67. The lowest BCUT2D eigenvalue weighted by Crippen LogP contribution is -2.47. The molecule has 0 radical (unpaired) electrons. The summed E-state index contributed by atoms with van der Waals surface area (Å²) in [4.78, 5) is 2.66. The average molecular weight is 276 g/mol. The molecule has 1 N–H and O–H groups in total. The molecule has 0 aromatic heterocycles. The average Bonchev–Trinajstić information content (AvgIpc) is 2.49. The molecule has 2 aliphatic heterocycles. The molecule has 104 valence electrons. The van der Waals surface area contributed by atoms with Gasteiger partial charge in [-0.05, 0) is 24.2 Å². The van der Waals surface area contributed by atoms with Gasteiger partial charge in [0.25, 0.3) is 0 Å². The van der Waals surface area contributed by atoms with Gasteiger partial charge >= 0.3 is 0 Å². The molecule has 2 saturated heterocycles. The van der Waals surface area contributed by atoms with Gasteiger partial charge in [0.2, 0.25) is 0 Å². The molecule has 0 spiro atoms. The summed E-state index contributed by atoms with van der Waals surface area (Å²) < 4.78 is 0. The highest BCUT2D eigenvalue weighted by molar-refractivity contribution is 7.99. The van der Waals surface area contributed by atoms with Crippen LogP contribution in [0.2, 0.25) is 0 Å². The van der Waals surface area contributed by atoms with Crippen molar-refractivity contribution in [3.05, 3.63) is 35.9 Å². The Bertz CT molecular complexity index is 376. The fourth-order valence-corrected chi connectivity index (χ4v) is 4.48. The topological polar surface area (TPSA) is 15.3 Å². The largest absolute Gasteiger partial charge is 0.308 e. The number of hydrogen-bond acceptors (Lipinski definition) is 3. The Balaban J connectivity index is 1.55. The summed E-state index contributed by atoms with van der Waals surface area (Å²) in [6.45, 7) is 4.79. The van der Waals surface area contributed by atoms with Crippen molar-refractivity contribution in [3.63, 3.8) is 0 Å². The van der Waals surface area contributed by atoms with Crippen molar-refractivity contribution in [2.24, 2.45) is 0 Å². The number of nitrogens with one attached hydrogen (secondary N) is 1. The normalized spacial score (nSPS) is 29.3. The first kappa shape index (κ1) is 13.5. The van der Waals surface area contributed by atoms with Crippen LogP contribution in [0, 0.1) is 0 Å². The minimum absolute atomic E-state index is 0.517. The van der Waals surface area contributed by atoms with Gasteiger partial charge in [0.15, 0.2) is 0 Å². The summed E-state index contributed by atoms with van der Waals surface area (Å²) >= 11 is 2.19. The van der Waals surface area contributed by atoms with Crippen LogP contribution in [-0.4, -0.2) is 42.1 Å². The van der Waals surface area contributed by atoms with Crippen LogP contribution < -0.4 is 5.32 Å². The van der Waals surface area contributed by atoms with Gasteiger partial charge in [-0.1, -0.05) is 36.8 Å². The van der Waals surface area contributed by atoms with E-state index in [1.807, 2.05) is 0 Å². The maximum absolute atomic E-state index is 3.65. The summed E-state index contributed by atoms with van der Waals surface area (Å²) in [6, 6.07) is 11.4. The molecular weight excluding hydrogens is 252 g/mol. The number of piperazine rings is 1. The molecule has 1 aromatic carbocycles. The summed E-state index contributed by atoms with van der Waals surface area (Å²) in [6.07, 6.45) is 4.28.